The summed E-state index contributed by atoms with van der Waals surface area (Å²) in [6.45, 7) is 1.99. The number of aryl methyl sites for hydroxylation is 1. The molecule has 0 aliphatic rings. The highest BCUT2D eigenvalue weighted by Gasteiger charge is 2.09. The van der Waals surface area contributed by atoms with Crippen molar-refractivity contribution in [2.24, 2.45) is 0 Å². The van der Waals surface area contributed by atoms with Crippen molar-refractivity contribution in [3.63, 3.8) is 0 Å². The zero-order chi connectivity index (χ0) is 10.8. The fraction of sp³-hybridized carbons (Fsp3) is 0.0833. The molecule has 0 fully saturated rings. The first-order valence-electron chi connectivity index (χ1n) is 4.52. The van der Waals surface area contributed by atoms with Crippen LogP contribution in [0.4, 0.5) is 0 Å². The molecular weight excluding hydrogens is 228 g/mol. The number of rotatable bonds is 2. The van der Waals surface area contributed by atoms with E-state index in [-0.39, 0.29) is 5.78 Å². The lowest BCUT2D eigenvalue weighted by atomic mass is 10.1. The Morgan fingerprint density at radius 3 is 2.40 bits per heavy atom. The Balaban J connectivity index is 2.32. The van der Waals surface area contributed by atoms with E-state index in [9.17, 15) is 4.79 Å². The van der Waals surface area contributed by atoms with E-state index < -0.39 is 0 Å². The minimum Gasteiger partial charge on any atom is -0.289 e. The Morgan fingerprint density at radius 1 is 1.20 bits per heavy atom. The zero-order valence-electron chi connectivity index (χ0n) is 8.16. The second-order valence-electron chi connectivity index (χ2n) is 3.28. The van der Waals surface area contributed by atoms with Gasteiger partial charge in [0.15, 0.2) is 5.78 Å². The highest BCUT2D eigenvalue weighted by atomic mass is 35.5. The van der Waals surface area contributed by atoms with Gasteiger partial charge in [-0.2, -0.15) is 0 Å². The van der Waals surface area contributed by atoms with Crippen molar-refractivity contribution in [1.82, 2.24) is 0 Å². The van der Waals surface area contributed by atoms with Gasteiger partial charge in [0.2, 0.25) is 0 Å². The Hall–Kier alpha value is -1.12. The number of hydrogen-bond acceptors (Lipinski definition) is 2. The van der Waals surface area contributed by atoms with Crippen LogP contribution in [0.15, 0.2) is 35.7 Å². The van der Waals surface area contributed by atoms with Gasteiger partial charge in [-0.3, -0.25) is 4.79 Å². The summed E-state index contributed by atoms with van der Waals surface area (Å²) in [4.78, 5) is 13.1. The van der Waals surface area contributed by atoms with E-state index in [2.05, 4.69) is 0 Å². The molecule has 1 nitrogen and oxygen atoms in total. The van der Waals surface area contributed by atoms with E-state index in [4.69, 9.17) is 11.6 Å². The minimum atomic E-state index is 0.0519. The molecule has 0 saturated heterocycles. The van der Waals surface area contributed by atoms with Crippen LogP contribution in [0.1, 0.15) is 20.8 Å². The Morgan fingerprint density at radius 2 is 1.87 bits per heavy atom. The molecule has 0 N–H and O–H groups in total. The van der Waals surface area contributed by atoms with Crippen LogP contribution in [0.5, 0.6) is 0 Å². The van der Waals surface area contributed by atoms with Crippen LogP contribution in [-0.2, 0) is 0 Å². The third-order valence-electron chi connectivity index (χ3n) is 2.10. The Labute approximate surface area is 97.3 Å². The zero-order valence-corrected chi connectivity index (χ0v) is 9.73. The van der Waals surface area contributed by atoms with Crippen molar-refractivity contribution in [2.75, 3.05) is 0 Å². The largest absolute Gasteiger partial charge is 0.289 e. The fourth-order valence-electron chi connectivity index (χ4n) is 1.33. The van der Waals surface area contributed by atoms with Gasteiger partial charge in [0, 0.05) is 26.4 Å². The second-order valence-corrected chi connectivity index (χ2v) is 4.83. The molecule has 76 valence electrons. The number of ketones is 1. The van der Waals surface area contributed by atoms with Gasteiger partial charge in [-0.05, 0) is 37.3 Å². The van der Waals surface area contributed by atoms with Crippen molar-refractivity contribution < 1.29 is 4.79 Å². The van der Waals surface area contributed by atoms with Crippen LogP contribution in [0.25, 0.3) is 0 Å². The van der Waals surface area contributed by atoms with Crippen molar-refractivity contribution in [3.05, 3.63) is 56.7 Å². The molecule has 1 heterocycles. The molecule has 3 heteroatoms. The normalized spacial score (nSPS) is 10.3. The first-order chi connectivity index (χ1) is 7.16. The Kier molecular flexibility index (Phi) is 2.89. The molecule has 15 heavy (non-hydrogen) atoms. The van der Waals surface area contributed by atoms with Gasteiger partial charge >= 0.3 is 0 Å². The number of halogens is 1. The summed E-state index contributed by atoms with van der Waals surface area (Å²) in [6, 6.07) is 8.86. The lowest BCUT2D eigenvalue weighted by Crippen LogP contribution is -1.98. The molecule has 0 bridgehead atoms. The van der Waals surface area contributed by atoms with Crippen molar-refractivity contribution in [1.29, 1.82) is 0 Å². The second kappa shape index (κ2) is 4.17. The molecule has 1 aromatic carbocycles. The smallest absolute Gasteiger partial charge is 0.193 e. The fourth-order valence-corrected chi connectivity index (χ4v) is 2.14. The SMILES string of the molecule is Cc1cc(C(=O)c2ccc(Cl)cc2)cs1. The van der Waals surface area contributed by atoms with Crippen LogP contribution in [-0.4, -0.2) is 5.78 Å². The summed E-state index contributed by atoms with van der Waals surface area (Å²) >= 11 is 7.34. The summed E-state index contributed by atoms with van der Waals surface area (Å²) in [7, 11) is 0. The summed E-state index contributed by atoms with van der Waals surface area (Å²) < 4.78 is 0. The molecule has 1 aromatic heterocycles. The van der Waals surface area contributed by atoms with E-state index >= 15 is 0 Å². The molecule has 0 radical (unpaired) electrons. The molecule has 0 saturated carbocycles. The highest BCUT2D eigenvalue weighted by Crippen LogP contribution is 2.18. The van der Waals surface area contributed by atoms with E-state index in [1.165, 1.54) is 0 Å². The molecule has 2 aromatic rings. The van der Waals surface area contributed by atoms with Crippen LogP contribution < -0.4 is 0 Å². The van der Waals surface area contributed by atoms with Gasteiger partial charge < -0.3 is 0 Å². The van der Waals surface area contributed by atoms with Crippen molar-refractivity contribution in [2.45, 2.75) is 6.92 Å². The molecule has 0 aliphatic heterocycles. The lowest BCUT2D eigenvalue weighted by molar-refractivity contribution is 0.103. The van der Waals surface area contributed by atoms with Gasteiger partial charge in [0.05, 0.1) is 0 Å². The van der Waals surface area contributed by atoms with E-state index in [1.807, 2.05) is 18.4 Å². The molecule has 0 amide bonds. The van der Waals surface area contributed by atoms with E-state index in [0.29, 0.717) is 10.6 Å². The van der Waals surface area contributed by atoms with Gasteiger partial charge in [-0.25, -0.2) is 0 Å². The molecular formula is C12H9ClOS. The number of thiophene rings is 1. The van der Waals surface area contributed by atoms with E-state index in [1.54, 1.807) is 35.6 Å². The molecule has 0 unspecified atom stereocenters. The van der Waals surface area contributed by atoms with Crippen molar-refractivity contribution >= 4 is 28.7 Å². The predicted octanol–water partition coefficient (Wildman–Crippen LogP) is 3.94. The molecule has 0 aliphatic carbocycles. The van der Waals surface area contributed by atoms with E-state index in [0.717, 1.165) is 10.4 Å². The van der Waals surface area contributed by atoms with Crippen LogP contribution in [0, 0.1) is 6.92 Å². The summed E-state index contributed by atoms with van der Waals surface area (Å²) in [5.41, 5.74) is 1.43. The molecule has 0 atom stereocenters. The minimum absolute atomic E-state index is 0.0519. The number of carbonyl (C=O) groups excluding carboxylic acids is 1. The summed E-state index contributed by atoms with van der Waals surface area (Å²) in [5, 5.41) is 2.53. The third-order valence-corrected chi connectivity index (χ3v) is 3.21. The number of hydrogen-bond donors (Lipinski definition) is 0. The Bertz CT molecular complexity index is 485. The maximum absolute atomic E-state index is 11.9. The van der Waals surface area contributed by atoms with Crippen LogP contribution in [0.3, 0.4) is 0 Å². The molecule has 0 spiro atoms. The summed E-state index contributed by atoms with van der Waals surface area (Å²) in [5.74, 6) is 0.0519. The average molecular weight is 237 g/mol. The monoisotopic (exact) mass is 236 g/mol. The topological polar surface area (TPSA) is 17.1 Å². The van der Waals surface area contributed by atoms with Crippen molar-refractivity contribution in [3.8, 4) is 0 Å². The predicted molar refractivity (Wildman–Crippen MR) is 63.9 cm³/mol. The maximum atomic E-state index is 11.9. The highest BCUT2D eigenvalue weighted by molar-refractivity contribution is 7.10. The average Bonchev–Trinajstić information content (AvgIpc) is 2.65. The van der Waals surface area contributed by atoms with Gasteiger partial charge in [-0.1, -0.05) is 11.6 Å². The lowest BCUT2D eigenvalue weighted by Gasteiger charge is -1.97. The third kappa shape index (κ3) is 2.28. The molecule has 2 rings (SSSR count). The number of benzene rings is 1. The first-order valence-corrected chi connectivity index (χ1v) is 5.78. The van der Waals surface area contributed by atoms with Gasteiger partial charge in [-0.15, -0.1) is 11.3 Å². The first kappa shape index (κ1) is 10.4. The van der Waals surface area contributed by atoms with Gasteiger partial charge in [0.1, 0.15) is 0 Å². The van der Waals surface area contributed by atoms with Gasteiger partial charge in [0.25, 0.3) is 0 Å². The standard InChI is InChI=1S/C12H9ClOS/c1-8-6-10(7-15-8)12(14)9-2-4-11(13)5-3-9/h2-7H,1H3. The van der Waals surface area contributed by atoms with Crippen LogP contribution >= 0.6 is 22.9 Å². The van der Waals surface area contributed by atoms with Crippen LogP contribution in [0.2, 0.25) is 5.02 Å². The summed E-state index contributed by atoms with van der Waals surface area (Å²) in [6.07, 6.45) is 0. The quantitative estimate of drug-likeness (QED) is 0.722. The number of carbonyl (C=O) groups is 1. The maximum Gasteiger partial charge on any atom is 0.193 e.